The fourth-order valence-electron chi connectivity index (χ4n) is 3.88. The van der Waals surface area contributed by atoms with Crippen molar-refractivity contribution in [2.45, 2.75) is 51.1 Å². The quantitative estimate of drug-likeness (QED) is 0.670. The average Bonchev–Trinajstić information content (AvgIpc) is 2.63. The topological polar surface area (TPSA) is 26.8 Å². The molecule has 0 aromatic heterocycles. The van der Waals surface area contributed by atoms with Crippen LogP contribution in [0, 0.1) is 5.92 Å². The van der Waals surface area contributed by atoms with E-state index in [2.05, 4.69) is 28.7 Å². The summed E-state index contributed by atoms with van der Waals surface area (Å²) in [6.07, 6.45) is 6.09. The first-order valence-corrected chi connectivity index (χ1v) is 7.91. The second-order valence-electron chi connectivity index (χ2n) is 6.74. The van der Waals surface area contributed by atoms with Crippen LogP contribution in [-0.4, -0.2) is 66.0 Å². The summed E-state index contributed by atoms with van der Waals surface area (Å²) >= 11 is 0. The molecule has 0 aromatic carbocycles. The summed E-state index contributed by atoms with van der Waals surface area (Å²) in [4.78, 5) is 19.3. The van der Waals surface area contributed by atoms with Crippen molar-refractivity contribution in [2.24, 2.45) is 5.92 Å². The van der Waals surface area contributed by atoms with E-state index in [1.807, 2.05) is 0 Å². The van der Waals surface area contributed by atoms with Crippen molar-refractivity contribution in [3.05, 3.63) is 0 Å². The van der Waals surface area contributed by atoms with E-state index in [-0.39, 0.29) is 0 Å². The molecule has 2 amide bonds. The highest BCUT2D eigenvalue weighted by atomic mass is 16.2. The first-order chi connectivity index (χ1) is 9.15. The number of carbonyl (C=O) groups excluding carboxylic acids is 1. The normalized spacial score (nSPS) is 33.6. The van der Waals surface area contributed by atoms with Gasteiger partial charge in [0.05, 0.1) is 0 Å². The number of carbonyl (C=O) groups is 1. The van der Waals surface area contributed by atoms with Crippen LogP contribution in [0.1, 0.15) is 39.0 Å². The van der Waals surface area contributed by atoms with E-state index in [1.54, 1.807) is 0 Å². The summed E-state index contributed by atoms with van der Waals surface area (Å²) in [6.45, 7) is 6.11. The van der Waals surface area contributed by atoms with Gasteiger partial charge in [-0.1, -0.05) is 6.92 Å². The van der Waals surface area contributed by atoms with Gasteiger partial charge in [-0.2, -0.15) is 0 Å². The maximum atomic E-state index is 12.6. The molecule has 0 saturated carbocycles. The minimum atomic E-state index is 0.299. The van der Waals surface area contributed by atoms with Gasteiger partial charge in [0.25, 0.3) is 0 Å². The highest BCUT2D eigenvalue weighted by molar-refractivity contribution is 5.74. The molecule has 0 aliphatic carbocycles. The first-order valence-electron chi connectivity index (χ1n) is 7.91. The lowest BCUT2D eigenvalue weighted by molar-refractivity contribution is 0.130. The summed E-state index contributed by atoms with van der Waals surface area (Å²) in [7, 11) is 2.24. The Morgan fingerprint density at radius 2 is 1.53 bits per heavy atom. The Balaban J connectivity index is 1.61. The zero-order valence-electron chi connectivity index (χ0n) is 12.3. The first kappa shape index (κ1) is 13.2. The summed E-state index contributed by atoms with van der Waals surface area (Å²) in [5, 5.41) is 0. The van der Waals surface area contributed by atoms with Gasteiger partial charge in [-0.25, -0.2) is 4.79 Å². The molecule has 3 aliphatic rings. The smallest absolute Gasteiger partial charge is 0.320 e. The van der Waals surface area contributed by atoms with Crippen LogP contribution >= 0.6 is 0 Å². The molecule has 0 N–H and O–H groups in total. The molecule has 3 aliphatic heterocycles. The van der Waals surface area contributed by atoms with Crippen LogP contribution in [-0.2, 0) is 0 Å². The minimum absolute atomic E-state index is 0.299. The fourth-order valence-corrected chi connectivity index (χ4v) is 3.88. The number of amides is 2. The van der Waals surface area contributed by atoms with Gasteiger partial charge in [-0.3, -0.25) is 4.90 Å². The molecule has 0 spiro atoms. The van der Waals surface area contributed by atoms with Crippen LogP contribution in [0.3, 0.4) is 0 Å². The minimum Gasteiger partial charge on any atom is -0.325 e. The zero-order valence-corrected chi connectivity index (χ0v) is 12.3. The van der Waals surface area contributed by atoms with Crippen molar-refractivity contribution in [3.63, 3.8) is 0 Å². The zero-order chi connectivity index (χ0) is 13.4. The highest BCUT2D eigenvalue weighted by Crippen LogP contribution is 2.29. The molecule has 4 heteroatoms. The molecule has 4 nitrogen and oxygen atoms in total. The molecular formula is C15H27N3O. The molecule has 2 unspecified atom stereocenters. The van der Waals surface area contributed by atoms with E-state index >= 15 is 0 Å². The lowest BCUT2D eigenvalue weighted by Gasteiger charge is -2.35. The Morgan fingerprint density at radius 3 is 2.26 bits per heavy atom. The number of piperidine rings is 1. The van der Waals surface area contributed by atoms with Crippen molar-refractivity contribution in [3.8, 4) is 0 Å². The standard InChI is InChI=1S/C15H27N3O/c1-12-5-8-17(9-6-12)15(19)18-10-7-13-3-4-14(11-18)16(13)2/h12-14H,3-11H2,1-2H3. The van der Waals surface area contributed by atoms with E-state index in [9.17, 15) is 4.79 Å². The maximum absolute atomic E-state index is 12.6. The summed E-state index contributed by atoms with van der Waals surface area (Å²) in [5.74, 6) is 0.787. The van der Waals surface area contributed by atoms with Crippen LogP contribution < -0.4 is 0 Å². The number of likely N-dealkylation sites (tertiary alicyclic amines) is 2. The number of hydrogen-bond acceptors (Lipinski definition) is 2. The lowest BCUT2D eigenvalue weighted by Crippen LogP contribution is -2.49. The number of hydrogen-bond donors (Lipinski definition) is 0. The molecule has 19 heavy (non-hydrogen) atoms. The number of rotatable bonds is 0. The maximum Gasteiger partial charge on any atom is 0.320 e. The number of likely N-dealkylation sites (N-methyl/N-ethyl adjacent to an activating group) is 1. The third-order valence-electron chi connectivity index (χ3n) is 5.47. The van der Waals surface area contributed by atoms with Gasteiger partial charge in [0, 0.05) is 38.3 Å². The summed E-state index contributed by atoms with van der Waals surface area (Å²) in [6, 6.07) is 1.61. The SMILES string of the molecule is CC1CCN(C(=O)N2CCC3CCC(C2)N3C)CC1. The Labute approximate surface area is 116 Å². The van der Waals surface area contributed by atoms with Crippen molar-refractivity contribution in [1.82, 2.24) is 14.7 Å². The van der Waals surface area contributed by atoms with Gasteiger partial charge < -0.3 is 9.80 Å². The van der Waals surface area contributed by atoms with Gasteiger partial charge in [-0.05, 0) is 45.1 Å². The van der Waals surface area contributed by atoms with Gasteiger partial charge in [0.1, 0.15) is 0 Å². The van der Waals surface area contributed by atoms with Gasteiger partial charge in [-0.15, -0.1) is 0 Å². The molecular weight excluding hydrogens is 238 g/mol. The second kappa shape index (κ2) is 5.31. The fraction of sp³-hybridized carbons (Fsp3) is 0.933. The van der Waals surface area contributed by atoms with Crippen LogP contribution in [0.25, 0.3) is 0 Å². The van der Waals surface area contributed by atoms with Crippen LogP contribution in [0.5, 0.6) is 0 Å². The van der Waals surface area contributed by atoms with E-state index in [4.69, 9.17) is 0 Å². The third-order valence-corrected chi connectivity index (χ3v) is 5.47. The van der Waals surface area contributed by atoms with Gasteiger partial charge in [0.15, 0.2) is 0 Å². The van der Waals surface area contributed by atoms with Crippen molar-refractivity contribution < 1.29 is 4.79 Å². The molecule has 2 atom stereocenters. The van der Waals surface area contributed by atoms with Crippen LogP contribution in [0.15, 0.2) is 0 Å². The molecule has 2 bridgehead atoms. The predicted molar refractivity (Wildman–Crippen MR) is 76.1 cm³/mol. The van der Waals surface area contributed by atoms with E-state index in [0.29, 0.717) is 18.1 Å². The predicted octanol–water partition coefficient (Wildman–Crippen LogP) is 2.01. The average molecular weight is 265 g/mol. The van der Waals surface area contributed by atoms with Crippen molar-refractivity contribution in [2.75, 3.05) is 33.2 Å². The lowest BCUT2D eigenvalue weighted by atomic mass is 9.99. The van der Waals surface area contributed by atoms with E-state index in [1.165, 1.54) is 25.7 Å². The molecule has 0 radical (unpaired) electrons. The largest absolute Gasteiger partial charge is 0.325 e. The number of nitrogens with zero attached hydrogens (tertiary/aromatic N) is 3. The van der Waals surface area contributed by atoms with E-state index in [0.717, 1.165) is 38.5 Å². The Morgan fingerprint density at radius 1 is 0.895 bits per heavy atom. The Kier molecular flexibility index (Phi) is 3.70. The Hall–Kier alpha value is -0.770. The van der Waals surface area contributed by atoms with Crippen LogP contribution in [0.4, 0.5) is 4.79 Å². The molecule has 3 fully saturated rings. The molecule has 0 aromatic rings. The van der Waals surface area contributed by atoms with Gasteiger partial charge in [0.2, 0.25) is 0 Å². The summed E-state index contributed by atoms with van der Waals surface area (Å²) < 4.78 is 0. The van der Waals surface area contributed by atoms with Crippen molar-refractivity contribution >= 4 is 6.03 Å². The molecule has 3 rings (SSSR count). The number of urea groups is 1. The third kappa shape index (κ3) is 2.60. The van der Waals surface area contributed by atoms with Gasteiger partial charge >= 0.3 is 6.03 Å². The Bertz CT molecular complexity index is 338. The summed E-state index contributed by atoms with van der Waals surface area (Å²) in [5.41, 5.74) is 0. The molecule has 108 valence electrons. The number of fused-ring (bicyclic) bond motifs is 2. The monoisotopic (exact) mass is 265 g/mol. The molecule has 3 heterocycles. The molecule has 3 saturated heterocycles. The van der Waals surface area contributed by atoms with E-state index < -0.39 is 0 Å². The van der Waals surface area contributed by atoms with Crippen LogP contribution in [0.2, 0.25) is 0 Å². The van der Waals surface area contributed by atoms with Crippen molar-refractivity contribution in [1.29, 1.82) is 0 Å². The highest BCUT2D eigenvalue weighted by Gasteiger charge is 2.37. The second-order valence-corrected chi connectivity index (χ2v) is 6.74.